The molecule has 2 aliphatic rings. The highest BCUT2D eigenvalue weighted by molar-refractivity contribution is 9.11. The van der Waals surface area contributed by atoms with Crippen LogP contribution in [-0.4, -0.2) is 68.8 Å². The molecule has 2 aromatic carbocycles. The second-order valence-electron chi connectivity index (χ2n) is 9.08. The summed E-state index contributed by atoms with van der Waals surface area (Å²) in [7, 11) is 3.27. The Kier molecular flexibility index (Phi) is 8.83. The Morgan fingerprint density at radius 3 is 2.40 bits per heavy atom. The number of hydrogen-bond donors (Lipinski definition) is 1. The standard InChI is InChI=1S/C26H33Br2N3O4/c1-33-23-11-17-6-9-31(25(32)13-18(17)12-24(23)34-2)16-19-5-3-7-30(19)8-4-10-35-20-14-21(27)26(29)22(28)15-20/h11-12,14-15,19H,3-10,13,16,29H2,1-2H3. The Hall–Kier alpha value is -1.97. The molecule has 0 bridgehead atoms. The number of benzene rings is 2. The first kappa shape index (κ1) is 26.1. The highest BCUT2D eigenvalue weighted by Gasteiger charge is 2.29. The van der Waals surface area contributed by atoms with Crippen molar-refractivity contribution in [1.29, 1.82) is 0 Å². The average molecular weight is 611 g/mol. The third-order valence-electron chi connectivity index (χ3n) is 6.89. The molecule has 1 atom stereocenters. The van der Waals surface area contributed by atoms with Crippen molar-refractivity contribution in [2.45, 2.75) is 38.1 Å². The SMILES string of the molecule is COc1cc2c(cc1OC)CC(=O)N(CC1CCCN1CCCOc1cc(Br)c(N)c(Br)c1)CC2. The number of amides is 1. The molecular weight excluding hydrogens is 578 g/mol. The predicted octanol–water partition coefficient (Wildman–Crippen LogP) is 4.67. The van der Waals surface area contributed by atoms with Crippen LogP contribution in [0.25, 0.3) is 0 Å². The molecule has 2 aliphatic heterocycles. The Morgan fingerprint density at radius 1 is 1.03 bits per heavy atom. The molecule has 2 aromatic rings. The maximum Gasteiger partial charge on any atom is 0.227 e. The van der Waals surface area contributed by atoms with Crippen LogP contribution in [0.15, 0.2) is 33.2 Å². The van der Waals surface area contributed by atoms with E-state index in [9.17, 15) is 4.79 Å². The smallest absolute Gasteiger partial charge is 0.227 e. The Morgan fingerprint density at radius 2 is 1.71 bits per heavy atom. The Bertz CT molecular complexity index is 1040. The number of methoxy groups -OCH3 is 2. The van der Waals surface area contributed by atoms with Crippen molar-refractivity contribution in [3.8, 4) is 17.2 Å². The zero-order chi connectivity index (χ0) is 24.9. The van der Waals surface area contributed by atoms with Crippen LogP contribution in [0.3, 0.4) is 0 Å². The van der Waals surface area contributed by atoms with E-state index < -0.39 is 0 Å². The topological polar surface area (TPSA) is 77.3 Å². The molecule has 1 saturated heterocycles. The number of nitrogens with two attached hydrogens (primary N) is 1. The summed E-state index contributed by atoms with van der Waals surface area (Å²) < 4.78 is 18.5. The lowest BCUT2D eigenvalue weighted by molar-refractivity contribution is -0.130. The molecule has 9 heteroatoms. The van der Waals surface area contributed by atoms with Crippen molar-refractivity contribution in [2.24, 2.45) is 0 Å². The van der Waals surface area contributed by atoms with Crippen molar-refractivity contribution in [2.75, 3.05) is 52.7 Å². The lowest BCUT2D eigenvalue weighted by atomic mass is 10.0. The van der Waals surface area contributed by atoms with Crippen LogP contribution in [0.1, 0.15) is 30.4 Å². The van der Waals surface area contributed by atoms with Crippen molar-refractivity contribution in [3.05, 3.63) is 44.3 Å². The van der Waals surface area contributed by atoms with Gasteiger partial charge in [-0.05, 0) is 99.5 Å². The van der Waals surface area contributed by atoms with Gasteiger partial charge in [0.1, 0.15) is 5.75 Å². The number of nitrogen functional groups attached to an aromatic ring is 1. The van der Waals surface area contributed by atoms with Gasteiger partial charge in [0.15, 0.2) is 11.5 Å². The van der Waals surface area contributed by atoms with Crippen LogP contribution in [0.4, 0.5) is 5.69 Å². The van der Waals surface area contributed by atoms with E-state index in [2.05, 4.69) is 36.8 Å². The number of nitrogens with zero attached hydrogens (tertiary/aromatic N) is 2. The second-order valence-corrected chi connectivity index (χ2v) is 10.8. The van der Waals surface area contributed by atoms with Crippen molar-refractivity contribution >= 4 is 43.5 Å². The van der Waals surface area contributed by atoms with E-state index in [1.165, 1.54) is 12.0 Å². The molecule has 190 valence electrons. The summed E-state index contributed by atoms with van der Waals surface area (Å²) in [6.07, 6.45) is 4.45. The van der Waals surface area contributed by atoms with Crippen LogP contribution in [0, 0.1) is 0 Å². The molecule has 2 N–H and O–H groups in total. The van der Waals surface area contributed by atoms with Gasteiger partial charge in [0, 0.05) is 34.6 Å². The highest BCUT2D eigenvalue weighted by atomic mass is 79.9. The largest absolute Gasteiger partial charge is 0.493 e. The molecule has 0 spiro atoms. The van der Waals surface area contributed by atoms with Gasteiger partial charge in [0.05, 0.1) is 32.9 Å². The van der Waals surface area contributed by atoms with E-state index in [1.807, 2.05) is 29.2 Å². The number of fused-ring (bicyclic) bond motifs is 1. The van der Waals surface area contributed by atoms with Gasteiger partial charge in [-0.25, -0.2) is 0 Å². The predicted molar refractivity (Wildman–Crippen MR) is 144 cm³/mol. The highest BCUT2D eigenvalue weighted by Crippen LogP contribution is 2.34. The van der Waals surface area contributed by atoms with Crippen molar-refractivity contribution < 1.29 is 19.0 Å². The summed E-state index contributed by atoms with van der Waals surface area (Å²) in [5.41, 5.74) is 8.83. The first-order valence-electron chi connectivity index (χ1n) is 12.0. The molecule has 4 rings (SSSR count). The van der Waals surface area contributed by atoms with Gasteiger partial charge in [0.2, 0.25) is 5.91 Å². The minimum absolute atomic E-state index is 0.186. The van der Waals surface area contributed by atoms with Gasteiger partial charge < -0.3 is 24.8 Å². The van der Waals surface area contributed by atoms with Crippen LogP contribution < -0.4 is 19.9 Å². The fourth-order valence-corrected chi connectivity index (χ4v) is 6.11. The number of carbonyl (C=O) groups excluding carboxylic acids is 1. The number of anilines is 1. The molecule has 0 saturated carbocycles. The molecule has 1 fully saturated rings. The number of ether oxygens (including phenoxy) is 3. The van der Waals surface area contributed by atoms with Crippen LogP contribution in [-0.2, 0) is 17.6 Å². The summed E-state index contributed by atoms with van der Waals surface area (Å²) in [6.45, 7) is 4.17. The third kappa shape index (κ3) is 6.24. The van der Waals surface area contributed by atoms with Gasteiger partial charge in [0.25, 0.3) is 0 Å². The van der Waals surface area contributed by atoms with E-state index in [-0.39, 0.29) is 5.91 Å². The quantitative estimate of drug-likeness (QED) is 0.328. The normalized spacial score (nSPS) is 18.3. The second kappa shape index (κ2) is 11.8. The number of rotatable bonds is 9. The van der Waals surface area contributed by atoms with E-state index in [0.29, 0.717) is 30.5 Å². The molecule has 2 heterocycles. The monoisotopic (exact) mass is 609 g/mol. The molecule has 0 aromatic heterocycles. The molecule has 1 unspecified atom stereocenters. The van der Waals surface area contributed by atoms with Crippen molar-refractivity contribution in [1.82, 2.24) is 9.80 Å². The van der Waals surface area contributed by atoms with Crippen LogP contribution in [0.5, 0.6) is 17.2 Å². The first-order valence-corrected chi connectivity index (χ1v) is 13.6. The van der Waals surface area contributed by atoms with Crippen molar-refractivity contribution in [3.63, 3.8) is 0 Å². The summed E-state index contributed by atoms with van der Waals surface area (Å²) in [6, 6.07) is 8.16. The van der Waals surface area contributed by atoms with Gasteiger partial charge >= 0.3 is 0 Å². The maximum atomic E-state index is 13.1. The average Bonchev–Trinajstić information content (AvgIpc) is 3.23. The Labute approximate surface area is 224 Å². The lowest BCUT2D eigenvalue weighted by Crippen LogP contribution is -2.44. The molecule has 1 amide bonds. The molecule has 0 radical (unpaired) electrons. The van der Waals surface area contributed by atoms with E-state index in [4.69, 9.17) is 19.9 Å². The van der Waals surface area contributed by atoms with Gasteiger partial charge in [-0.1, -0.05) is 0 Å². The minimum atomic E-state index is 0.186. The fourth-order valence-electron chi connectivity index (χ4n) is 4.96. The third-order valence-corrected chi connectivity index (χ3v) is 8.20. The van der Waals surface area contributed by atoms with E-state index in [0.717, 1.165) is 71.4 Å². The first-order chi connectivity index (χ1) is 16.9. The molecule has 7 nitrogen and oxygen atoms in total. The molecule has 0 aliphatic carbocycles. The number of hydrogen-bond acceptors (Lipinski definition) is 6. The number of likely N-dealkylation sites (tertiary alicyclic amines) is 1. The van der Waals surface area contributed by atoms with Gasteiger partial charge in [-0.15, -0.1) is 0 Å². The van der Waals surface area contributed by atoms with Crippen LogP contribution >= 0.6 is 31.9 Å². The van der Waals surface area contributed by atoms with Crippen LogP contribution in [0.2, 0.25) is 0 Å². The maximum absolute atomic E-state index is 13.1. The number of carbonyl (C=O) groups is 1. The van der Waals surface area contributed by atoms with E-state index >= 15 is 0 Å². The zero-order valence-electron chi connectivity index (χ0n) is 20.3. The number of halogens is 2. The summed E-state index contributed by atoms with van der Waals surface area (Å²) in [4.78, 5) is 17.7. The lowest BCUT2D eigenvalue weighted by Gasteiger charge is -2.30. The van der Waals surface area contributed by atoms with E-state index in [1.54, 1.807) is 14.2 Å². The molecular formula is C26H33Br2N3O4. The Balaban J connectivity index is 1.30. The minimum Gasteiger partial charge on any atom is -0.493 e. The summed E-state index contributed by atoms with van der Waals surface area (Å²) in [5.74, 6) is 2.37. The summed E-state index contributed by atoms with van der Waals surface area (Å²) >= 11 is 6.92. The zero-order valence-corrected chi connectivity index (χ0v) is 23.5. The summed E-state index contributed by atoms with van der Waals surface area (Å²) in [5, 5.41) is 0. The van der Waals surface area contributed by atoms with Gasteiger partial charge in [-0.2, -0.15) is 0 Å². The fraction of sp³-hybridized carbons (Fsp3) is 0.500. The van der Waals surface area contributed by atoms with Gasteiger partial charge in [-0.3, -0.25) is 9.69 Å². The molecule has 35 heavy (non-hydrogen) atoms.